The van der Waals surface area contributed by atoms with Gasteiger partial charge < -0.3 is 10.1 Å². The van der Waals surface area contributed by atoms with Crippen molar-refractivity contribution in [3.05, 3.63) is 35.9 Å². The zero-order valence-corrected chi connectivity index (χ0v) is 13.1. The Labute approximate surface area is 122 Å². The summed E-state index contributed by atoms with van der Waals surface area (Å²) in [5, 5.41) is 2.93. The van der Waals surface area contributed by atoms with Gasteiger partial charge in [0.15, 0.2) is 0 Å². The molecule has 1 aromatic rings. The minimum atomic E-state index is 0.0971. The highest BCUT2D eigenvalue weighted by Gasteiger charge is 2.19. The molecule has 1 atom stereocenters. The molecule has 1 N–H and O–H groups in total. The first-order chi connectivity index (χ1) is 9.50. The summed E-state index contributed by atoms with van der Waals surface area (Å²) in [5.41, 5.74) is 1.23. The van der Waals surface area contributed by atoms with E-state index in [9.17, 15) is 4.79 Å². The molecule has 0 aliphatic heterocycles. The standard InChI is InChI=1S/C17H27NO2/c1-13(2)16(15-8-6-5-7-9-15)12-17(19)18-10-11-20-14(3)4/h5-9,13-14,16H,10-12H2,1-4H3,(H,18,19). The summed E-state index contributed by atoms with van der Waals surface area (Å²) >= 11 is 0. The van der Waals surface area contributed by atoms with Crippen LogP contribution in [0.25, 0.3) is 0 Å². The van der Waals surface area contributed by atoms with Crippen molar-refractivity contribution >= 4 is 5.91 Å². The Bertz CT molecular complexity index is 387. The number of hydrogen-bond donors (Lipinski definition) is 1. The van der Waals surface area contributed by atoms with Gasteiger partial charge in [0, 0.05) is 13.0 Å². The summed E-state index contributed by atoms with van der Waals surface area (Å²) in [6.45, 7) is 9.45. The molecule has 0 bridgehead atoms. The lowest BCUT2D eigenvalue weighted by atomic mass is 9.85. The molecule has 1 unspecified atom stereocenters. The van der Waals surface area contributed by atoms with Crippen LogP contribution in [0.5, 0.6) is 0 Å². The van der Waals surface area contributed by atoms with Crippen molar-refractivity contribution in [3.8, 4) is 0 Å². The van der Waals surface area contributed by atoms with E-state index in [-0.39, 0.29) is 17.9 Å². The number of carbonyl (C=O) groups is 1. The smallest absolute Gasteiger partial charge is 0.220 e. The van der Waals surface area contributed by atoms with Gasteiger partial charge in [-0.05, 0) is 31.2 Å². The highest BCUT2D eigenvalue weighted by molar-refractivity contribution is 5.76. The van der Waals surface area contributed by atoms with Crippen LogP contribution in [0.3, 0.4) is 0 Å². The molecule has 112 valence electrons. The predicted octanol–water partition coefficient (Wildman–Crippen LogP) is 3.36. The molecule has 0 spiro atoms. The molecule has 0 heterocycles. The Morgan fingerprint density at radius 3 is 2.35 bits per heavy atom. The van der Waals surface area contributed by atoms with Crippen molar-refractivity contribution in [1.29, 1.82) is 0 Å². The Balaban J connectivity index is 2.44. The molecule has 0 saturated heterocycles. The summed E-state index contributed by atoms with van der Waals surface area (Å²) < 4.78 is 5.41. The maximum Gasteiger partial charge on any atom is 0.220 e. The van der Waals surface area contributed by atoms with Gasteiger partial charge in [0.1, 0.15) is 0 Å². The van der Waals surface area contributed by atoms with Crippen molar-refractivity contribution in [3.63, 3.8) is 0 Å². The van der Waals surface area contributed by atoms with Crippen molar-refractivity contribution < 1.29 is 9.53 Å². The normalized spacial score (nSPS) is 12.7. The van der Waals surface area contributed by atoms with Crippen LogP contribution in [-0.4, -0.2) is 25.2 Å². The van der Waals surface area contributed by atoms with Crippen LogP contribution in [0.2, 0.25) is 0 Å². The molecule has 0 fully saturated rings. The second-order valence-electron chi connectivity index (χ2n) is 5.73. The van der Waals surface area contributed by atoms with Gasteiger partial charge >= 0.3 is 0 Å². The van der Waals surface area contributed by atoms with Gasteiger partial charge in [-0.15, -0.1) is 0 Å². The second kappa shape index (κ2) is 8.75. The second-order valence-corrected chi connectivity index (χ2v) is 5.73. The molecule has 0 radical (unpaired) electrons. The van der Waals surface area contributed by atoms with Crippen LogP contribution in [0, 0.1) is 5.92 Å². The lowest BCUT2D eigenvalue weighted by molar-refractivity contribution is -0.122. The fraction of sp³-hybridized carbons (Fsp3) is 0.588. The third-order valence-electron chi connectivity index (χ3n) is 3.31. The minimum Gasteiger partial charge on any atom is -0.377 e. The fourth-order valence-corrected chi connectivity index (χ4v) is 2.20. The fourth-order valence-electron chi connectivity index (χ4n) is 2.20. The molecule has 3 nitrogen and oxygen atoms in total. The molecule has 0 aliphatic rings. The number of rotatable bonds is 8. The molecule has 3 heteroatoms. The molecular formula is C17H27NO2. The number of hydrogen-bond acceptors (Lipinski definition) is 2. The Kier molecular flexibility index (Phi) is 7.31. The van der Waals surface area contributed by atoms with Crippen molar-refractivity contribution in [2.75, 3.05) is 13.2 Å². The zero-order valence-electron chi connectivity index (χ0n) is 13.1. The van der Waals surface area contributed by atoms with E-state index >= 15 is 0 Å². The van der Waals surface area contributed by atoms with Gasteiger partial charge in [-0.2, -0.15) is 0 Å². The van der Waals surface area contributed by atoms with Crippen molar-refractivity contribution in [2.45, 2.75) is 46.1 Å². The van der Waals surface area contributed by atoms with E-state index in [1.165, 1.54) is 5.56 Å². The lowest BCUT2D eigenvalue weighted by Gasteiger charge is -2.21. The molecule has 0 aliphatic carbocycles. The number of amides is 1. The average molecular weight is 277 g/mol. The maximum absolute atomic E-state index is 12.0. The first kappa shape index (κ1) is 16.7. The molecular weight excluding hydrogens is 250 g/mol. The van der Waals surface area contributed by atoms with Crippen LogP contribution >= 0.6 is 0 Å². The molecule has 20 heavy (non-hydrogen) atoms. The van der Waals surface area contributed by atoms with Gasteiger partial charge in [0.05, 0.1) is 12.7 Å². The van der Waals surface area contributed by atoms with E-state index < -0.39 is 0 Å². The third kappa shape index (κ3) is 6.20. The summed E-state index contributed by atoms with van der Waals surface area (Å²) in [6, 6.07) is 10.3. The van der Waals surface area contributed by atoms with E-state index in [1.807, 2.05) is 32.0 Å². The predicted molar refractivity (Wildman–Crippen MR) is 82.7 cm³/mol. The summed E-state index contributed by atoms with van der Waals surface area (Å²) in [7, 11) is 0. The van der Waals surface area contributed by atoms with Gasteiger partial charge in [0.25, 0.3) is 0 Å². The summed E-state index contributed by atoms with van der Waals surface area (Å²) in [4.78, 5) is 12.0. The first-order valence-corrected chi connectivity index (χ1v) is 7.44. The van der Waals surface area contributed by atoms with E-state index in [0.29, 0.717) is 25.5 Å². The number of nitrogens with one attached hydrogen (secondary N) is 1. The topological polar surface area (TPSA) is 38.3 Å². The number of benzene rings is 1. The third-order valence-corrected chi connectivity index (χ3v) is 3.31. The summed E-state index contributed by atoms with van der Waals surface area (Å²) in [5.74, 6) is 0.803. The van der Waals surface area contributed by atoms with Gasteiger partial charge in [-0.1, -0.05) is 44.2 Å². The van der Waals surface area contributed by atoms with E-state index in [2.05, 4.69) is 31.3 Å². The van der Waals surface area contributed by atoms with Gasteiger partial charge in [0.2, 0.25) is 5.91 Å². The van der Waals surface area contributed by atoms with Crippen molar-refractivity contribution in [2.24, 2.45) is 5.92 Å². The number of ether oxygens (including phenoxy) is 1. The van der Waals surface area contributed by atoms with Gasteiger partial charge in [-0.25, -0.2) is 0 Å². The van der Waals surface area contributed by atoms with Crippen LogP contribution in [0.15, 0.2) is 30.3 Å². The van der Waals surface area contributed by atoms with E-state index in [1.54, 1.807) is 0 Å². The SMILES string of the molecule is CC(C)OCCNC(=O)CC(c1ccccc1)C(C)C. The van der Waals surface area contributed by atoms with Crippen LogP contribution < -0.4 is 5.32 Å². The zero-order chi connectivity index (χ0) is 15.0. The molecule has 1 amide bonds. The summed E-state index contributed by atoms with van der Waals surface area (Å²) in [6.07, 6.45) is 0.739. The first-order valence-electron chi connectivity index (χ1n) is 7.44. The highest BCUT2D eigenvalue weighted by atomic mass is 16.5. The lowest BCUT2D eigenvalue weighted by Crippen LogP contribution is -2.30. The Hall–Kier alpha value is -1.35. The molecule has 1 aromatic carbocycles. The van der Waals surface area contributed by atoms with Crippen molar-refractivity contribution in [1.82, 2.24) is 5.32 Å². The van der Waals surface area contributed by atoms with Crippen LogP contribution in [-0.2, 0) is 9.53 Å². The molecule has 1 rings (SSSR count). The van der Waals surface area contributed by atoms with Crippen LogP contribution in [0.4, 0.5) is 0 Å². The van der Waals surface area contributed by atoms with Gasteiger partial charge in [-0.3, -0.25) is 4.79 Å². The minimum absolute atomic E-state index is 0.0971. The Morgan fingerprint density at radius 2 is 1.80 bits per heavy atom. The molecule has 0 saturated carbocycles. The maximum atomic E-state index is 12.0. The average Bonchev–Trinajstić information content (AvgIpc) is 2.41. The number of carbonyl (C=O) groups excluding carboxylic acids is 1. The molecule has 0 aromatic heterocycles. The largest absolute Gasteiger partial charge is 0.377 e. The van der Waals surface area contributed by atoms with E-state index in [0.717, 1.165) is 0 Å². The highest BCUT2D eigenvalue weighted by Crippen LogP contribution is 2.27. The Morgan fingerprint density at radius 1 is 1.15 bits per heavy atom. The van der Waals surface area contributed by atoms with Crippen LogP contribution in [0.1, 0.15) is 45.6 Å². The van der Waals surface area contributed by atoms with E-state index in [4.69, 9.17) is 4.74 Å². The monoisotopic (exact) mass is 277 g/mol. The quantitative estimate of drug-likeness (QED) is 0.740.